The highest BCUT2D eigenvalue weighted by Crippen LogP contribution is 2.22. The number of piperidine rings is 1. The van der Waals surface area contributed by atoms with Crippen molar-refractivity contribution < 1.29 is 9.84 Å². The molecule has 1 atom stereocenters. The van der Waals surface area contributed by atoms with E-state index in [1.165, 1.54) is 25.3 Å². The highest BCUT2D eigenvalue weighted by atomic mass is 16.5. The van der Waals surface area contributed by atoms with Crippen LogP contribution in [0.3, 0.4) is 0 Å². The summed E-state index contributed by atoms with van der Waals surface area (Å²) in [5.74, 6) is -0.116. The minimum atomic E-state index is -0.291. The van der Waals surface area contributed by atoms with Crippen LogP contribution in [0.2, 0.25) is 0 Å². The van der Waals surface area contributed by atoms with Gasteiger partial charge in [0.1, 0.15) is 0 Å². The maximum atomic E-state index is 11.9. The zero-order chi connectivity index (χ0) is 15.4. The molecule has 1 aliphatic rings. The Labute approximate surface area is 126 Å². The van der Waals surface area contributed by atoms with E-state index in [4.69, 9.17) is 4.74 Å². The van der Waals surface area contributed by atoms with Crippen LogP contribution in [0.5, 0.6) is 5.75 Å². The van der Waals surface area contributed by atoms with Crippen LogP contribution in [0, 0.1) is 6.92 Å². The Morgan fingerprint density at radius 1 is 1.43 bits per heavy atom. The molecule has 2 heterocycles. The first-order valence-corrected chi connectivity index (χ1v) is 7.70. The van der Waals surface area contributed by atoms with Gasteiger partial charge in [0.25, 0.3) is 0 Å². The van der Waals surface area contributed by atoms with Gasteiger partial charge in [0.05, 0.1) is 12.3 Å². The van der Waals surface area contributed by atoms with E-state index < -0.39 is 0 Å². The number of hydrogen-bond acceptors (Lipinski definition) is 4. The molecular formula is C16H26N2O3. The van der Waals surface area contributed by atoms with Crippen LogP contribution in [0.4, 0.5) is 0 Å². The highest BCUT2D eigenvalue weighted by Gasteiger charge is 2.22. The summed E-state index contributed by atoms with van der Waals surface area (Å²) in [5, 5.41) is 10.2. The minimum Gasteiger partial charge on any atom is -0.503 e. The van der Waals surface area contributed by atoms with Crippen LogP contribution in [-0.4, -0.2) is 40.9 Å². The quantitative estimate of drug-likeness (QED) is 0.901. The summed E-state index contributed by atoms with van der Waals surface area (Å²) in [6.45, 7) is 6.96. The van der Waals surface area contributed by atoms with Gasteiger partial charge in [0.2, 0.25) is 5.43 Å². The van der Waals surface area contributed by atoms with E-state index in [0.29, 0.717) is 31.4 Å². The Balaban J connectivity index is 2.32. The van der Waals surface area contributed by atoms with Crippen molar-refractivity contribution in [1.82, 2.24) is 9.47 Å². The van der Waals surface area contributed by atoms with Gasteiger partial charge < -0.3 is 14.4 Å². The molecule has 0 bridgehead atoms. The van der Waals surface area contributed by atoms with Gasteiger partial charge in [-0.1, -0.05) is 6.42 Å². The second-order valence-electron chi connectivity index (χ2n) is 5.90. The number of rotatable bonds is 5. The molecule has 2 rings (SSSR count). The molecule has 0 amide bonds. The Morgan fingerprint density at radius 2 is 2.19 bits per heavy atom. The fourth-order valence-electron chi connectivity index (χ4n) is 3.06. The van der Waals surface area contributed by atoms with Crippen LogP contribution < -0.4 is 5.43 Å². The molecule has 0 aliphatic carbocycles. The Hall–Kier alpha value is -1.33. The summed E-state index contributed by atoms with van der Waals surface area (Å²) in [6, 6.07) is 1.98. The van der Waals surface area contributed by atoms with Crippen molar-refractivity contribution in [2.24, 2.45) is 0 Å². The van der Waals surface area contributed by atoms with Crippen LogP contribution in [0.1, 0.15) is 37.6 Å². The van der Waals surface area contributed by atoms with Crippen LogP contribution in [0.15, 0.2) is 10.9 Å². The third-order valence-corrected chi connectivity index (χ3v) is 4.41. The maximum absolute atomic E-state index is 11.9. The number of methoxy groups -OCH3 is 1. The van der Waals surface area contributed by atoms with E-state index >= 15 is 0 Å². The van der Waals surface area contributed by atoms with E-state index in [1.54, 1.807) is 7.11 Å². The van der Waals surface area contributed by atoms with E-state index in [2.05, 4.69) is 11.8 Å². The van der Waals surface area contributed by atoms with Crippen molar-refractivity contribution in [2.75, 3.05) is 20.3 Å². The van der Waals surface area contributed by atoms with Crippen LogP contribution >= 0.6 is 0 Å². The first-order chi connectivity index (χ1) is 10.0. The Bertz CT molecular complexity index is 539. The van der Waals surface area contributed by atoms with Crippen molar-refractivity contribution in [1.29, 1.82) is 0 Å². The van der Waals surface area contributed by atoms with Gasteiger partial charge in [-0.15, -0.1) is 0 Å². The van der Waals surface area contributed by atoms with E-state index in [0.717, 1.165) is 12.2 Å². The smallest absolute Gasteiger partial charge is 0.223 e. The molecule has 5 heteroatoms. The molecule has 1 unspecified atom stereocenters. The third kappa shape index (κ3) is 3.66. The van der Waals surface area contributed by atoms with Crippen molar-refractivity contribution in [2.45, 2.75) is 52.2 Å². The van der Waals surface area contributed by atoms with Gasteiger partial charge in [0, 0.05) is 38.0 Å². The number of hydrogen-bond donors (Lipinski definition) is 1. The summed E-state index contributed by atoms with van der Waals surface area (Å²) in [4.78, 5) is 14.2. The fourth-order valence-corrected chi connectivity index (χ4v) is 3.06. The zero-order valence-corrected chi connectivity index (χ0v) is 13.3. The number of aryl methyl sites for hydroxylation is 1. The molecule has 1 aromatic rings. The van der Waals surface area contributed by atoms with Gasteiger partial charge >= 0.3 is 0 Å². The lowest BCUT2D eigenvalue weighted by molar-refractivity contribution is 0.143. The number of pyridine rings is 1. The maximum Gasteiger partial charge on any atom is 0.223 e. The number of aromatic hydroxyl groups is 1. The molecule has 1 saturated heterocycles. The molecule has 0 spiro atoms. The molecular weight excluding hydrogens is 268 g/mol. The van der Waals surface area contributed by atoms with Gasteiger partial charge in [-0.2, -0.15) is 0 Å². The highest BCUT2D eigenvalue weighted by molar-refractivity contribution is 5.30. The van der Waals surface area contributed by atoms with Crippen LogP contribution in [0.25, 0.3) is 0 Å². The average molecular weight is 294 g/mol. The fraction of sp³-hybridized carbons (Fsp3) is 0.688. The standard InChI is InChI=1S/C16H26N2O3/c1-12-6-4-5-7-17(12)11-14-16(20)15(19)10-13(2)18(14)8-9-21-3/h10,12,20H,4-9,11H2,1-3H3. The number of ether oxygens (including phenoxy) is 1. The predicted molar refractivity (Wildman–Crippen MR) is 82.7 cm³/mol. The monoisotopic (exact) mass is 294 g/mol. The van der Waals surface area contributed by atoms with Crippen molar-refractivity contribution in [3.8, 4) is 5.75 Å². The minimum absolute atomic E-state index is 0.116. The molecule has 1 fully saturated rings. The Morgan fingerprint density at radius 3 is 2.86 bits per heavy atom. The third-order valence-electron chi connectivity index (χ3n) is 4.41. The van der Waals surface area contributed by atoms with Gasteiger partial charge in [-0.05, 0) is 33.2 Å². The molecule has 0 saturated carbocycles. The molecule has 21 heavy (non-hydrogen) atoms. The summed E-state index contributed by atoms with van der Waals surface area (Å²) >= 11 is 0. The van der Waals surface area contributed by atoms with Crippen molar-refractivity contribution in [3.63, 3.8) is 0 Å². The van der Waals surface area contributed by atoms with Gasteiger partial charge in [-0.3, -0.25) is 9.69 Å². The summed E-state index contributed by atoms with van der Waals surface area (Å²) in [5.41, 5.74) is 1.29. The molecule has 5 nitrogen and oxygen atoms in total. The van der Waals surface area contributed by atoms with E-state index in [1.807, 2.05) is 11.5 Å². The molecule has 1 aromatic heterocycles. The van der Waals surface area contributed by atoms with Crippen molar-refractivity contribution in [3.05, 3.63) is 27.7 Å². The normalized spacial score (nSPS) is 19.9. The summed E-state index contributed by atoms with van der Waals surface area (Å²) in [7, 11) is 1.66. The average Bonchev–Trinajstić information content (AvgIpc) is 2.46. The lowest BCUT2D eigenvalue weighted by Gasteiger charge is -2.34. The summed E-state index contributed by atoms with van der Waals surface area (Å²) in [6.07, 6.45) is 3.61. The molecule has 1 aliphatic heterocycles. The largest absolute Gasteiger partial charge is 0.503 e. The van der Waals surface area contributed by atoms with Crippen molar-refractivity contribution >= 4 is 0 Å². The molecule has 1 N–H and O–H groups in total. The topological polar surface area (TPSA) is 54.7 Å². The van der Waals surface area contributed by atoms with E-state index in [9.17, 15) is 9.90 Å². The Kier molecular flexibility index (Phi) is 5.42. The molecule has 0 radical (unpaired) electrons. The second kappa shape index (κ2) is 7.09. The van der Waals surface area contributed by atoms with E-state index in [-0.39, 0.29) is 11.2 Å². The van der Waals surface area contributed by atoms with Gasteiger partial charge in [-0.25, -0.2) is 0 Å². The SMILES string of the molecule is COCCn1c(C)cc(=O)c(O)c1CN1CCCCC1C. The van der Waals surface area contributed by atoms with Gasteiger partial charge in [0.15, 0.2) is 5.75 Å². The van der Waals surface area contributed by atoms with Crippen LogP contribution in [-0.2, 0) is 17.8 Å². The first kappa shape index (κ1) is 16.0. The first-order valence-electron chi connectivity index (χ1n) is 7.70. The lowest BCUT2D eigenvalue weighted by atomic mass is 10.0. The number of aromatic nitrogens is 1. The second-order valence-corrected chi connectivity index (χ2v) is 5.90. The molecule has 118 valence electrons. The predicted octanol–water partition coefficient (Wildman–Crippen LogP) is 1.88. The number of nitrogens with zero attached hydrogens (tertiary/aromatic N) is 2. The molecule has 0 aromatic carbocycles. The zero-order valence-electron chi connectivity index (χ0n) is 13.3. The lowest BCUT2D eigenvalue weighted by Crippen LogP contribution is -2.38. The number of likely N-dealkylation sites (tertiary alicyclic amines) is 1. The summed E-state index contributed by atoms with van der Waals surface area (Å²) < 4.78 is 7.14.